The smallest absolute Gasteiger partial charge is 0.238 e. The fraction of sp³-hybridized carbons (Fsp3) is 0.444. The van der Waals surface area contributed by atoms with E-state index < -0.39 is 0 Å². The molecule has 1 saturated heterocycles. The lowest BCUT2D eigenvalue weighted by molar-refractivity contribution is -0.122. The van der Waals surface area contributed by atoms with Gasteiger partial charge in [-0.2, -0.15) is 0 Å². The Kier molecular flexibility index (Phi) is 5.01. The summed E-state index contributed by atoms with van der Waals surface area (Å²) in [4.78, 5) is 11.5. The molecule has 6 heteroatoms. The average molecular weight is 249 g/mol. The Morgan fingerprint density at radius 2 is 2.60 bits per heavy atom. The van der Waals surface area contributed by atoms with E-state index in [0.717, 1.165) is 17.4 Å². The fourth-order valence-corrected chi connectivity index (χ4v) is 2.22. The van der Waals surface area contributed by atoms with Crippen LogP contribution in [-0.2, 0) is 11.3 Å². The molecular formula is C9H13ClN2O2S. The van der Waals surface area contributed by atoms with E-state index in [0.29, 0.717) is 6.54 Å². The van der Waals surface area contributed by atoms with Gasteiger partial charge < -0.3 is 9.73 Å². The van der Waals surface area contributed by atoms with Gasteiger partial charge in [0.15, 0.2) is 0 Å². The van der Waals surface area contributed by atoms with Crippen molar-refractivity contribution >= 4 is 30.1 Å². The van der Waals surface area contributed by atoms with Crippen LogP contribution in [0.4, 0.5) is 0 Å². The van der Waals surface area contributed by atoms with Crippen LogP contribution in [-0.4, -0.2) is 23.6 Å². The summed E-state index contributed by atoms with van der Waals surface area (Å²) in [5, 5.41) is 5.93. The fourth-order valence-electron chi connectivity index (χ4n) is 1.27. The minimum atomic E-state index is -0.0463. The number of amides is 1. The first-order valence-electron chi connectivity index (χ1n) is 4.47. The maximum Gasteiger partial charge on any atom is 0.238 e. The van der Waals surface area contributed by atoms with Gasteiger partial charge in [0.2, 0.25) is 5.91 Å². The first-order valence-corrected chi connectivity index (χ1v) is 5.63. The summed E-state index contributed by atoms with van der Waals surface area (Å²) < 4.78 is 5.11. The third-order valence-electron chi connectivity index (χ3n) is 2.05. The van der Waals surface area contributed by atoms with Crippen molar-refractivity contribution in [3.63, 3.8) is 0 Å². The Bertz CT molecular complexity index is 299. The highest BCUT2D eigenvalue weighted by Gasteiger charge is 2.21. The first kappa shape index (κ1) is 12.4. The number of halogens is 1. The van der Waals surface area contributed by atoms with Gasteiger partial charge in [-0.15, -0.1) is 24.2 Å². The van der Waals surface area contributed by atoms with Gasteiger partial charge in [0.1, 0.15) is 5.76 Å². The molecule has 1 amide bonds. The lowest BCUT2D eigenvalue weighted by Crippen LogP contribution is -2.41. The van der Waals surface area contributed by atoms with Gasteiger partial charge in [-0.1, -0.05) is 0 Å². The lowest BCUT2D eigenvalue weighted by atomic mass is 10.3. The van der Waals surface area contributed by atoms with Crippen molar-refractivity contribution in [3.05, 3.63) is 24.2 Å². The van der Waals surface area contributed by atoms with Crippen LogP contribution in [0.25, 0.3) is 0 Å². The molecule has 2 heterocycles. The van der Waals surface area contributed by atoms with Crippen molar-refractivity contribution in [2.45, 2.75) is 12.6 Å². The number of furan rings is 1. The molecule has 0 radical (unpaired) electrons. The molecule has 2 N–H and O–H groups in total. The molecule has 4 nitrogen and oxygen atoms in total. The van der Waals surface area contributed by atoms with Crippen LogP contribution >= 0.6 is 24.2 Å². The van der Waals surface area contributed by atoms with Gasteiger partial charge in [0.25, 0.3) is 0 Å². The molecule has 0 saturated carbocycles. The third kappa shape index (κ3) is 3.44. The van der Waals surface area contributed by atoms with E-state index >= 15 is 0 Å². The highest BCUT2D eigenvalue weighted by Crippen LogP contribution is 2.09. The normalized spacial score (nSPS) is 19.6. The Labute approximate surface area is 98.6 Å². The molecular weight excluding hydrogens is 236 g/mol. The minimum absolute atomic E-state index is 0. The molecule has 0 bridgehead atoms. The standard InChI is InChI=1S/C9H12N2O2S.ClH/c12-9(8-5-14-6-11-8)10-4-7-2-1-3-13-7;/h1-3,8,11H,4-6H2,(H,10,12);1H. The summed E-state index contributed by atoms with van der Waals surface area (Å²) in [5.74, 6) is 2.54. The van der Waals surface area contributed by atoms with Crippen molar-refractivity contribution in [2.75, 3.05) is 11.6 Å². The third-order valence-corrected chi connectivity index (χ3v) is 2.99. The van der Waals surface area contributed by atoms with Crippen molar-refractivity contribution in [1.82, 2.24) is 10.6 Å². The van der Waals surface area contributed by atoms with E-state index in [2.05, 4.69) is 10.6 Å². The van der Waals surface area contributed by atoms with Crippen LogP contribution < -0.4 is 10.6 Å². The second kappa shape index (κ2) is 6.05. The number of nitrogens with one attached hydrogen (secondary N) is 2. The molecule has 1 atom stereocenters. The molecule has 1 aliphatic rings. The largest absolute Gasteiger partial charge is 0.467 e. The Balaban J connectivity index is 0.00000112. The minimum Gasteiger partial charge on any atom is -0.467 e. The molecule has 0 aliphatic carbocycles. The molecule has 84 valence electrons. The van der Waals surface area contributed by atoms with Crippen molar-refractivity contribution in [2.24, 2.45) is 0 Å². The number of carbonyl (C=O) groups excluding carboxylic acids is 1. The van der Waals surface area contributed by atoms with E-state index in [4.69, 9.17) is 4.42 Å². The van der Waals surface area contributed by atoms with Gasteiger partial charge in [-0.05, 0) is 12.1 Å². The number of carbonyl (C=O) groups is 1. The Hall–Kier alpha value is -0.650. The topological polar surface area (TPSA) is 54.3 Å². The summed E-state index contributed by atoms with van der Waals surface area (Å²) in [6.45, 7) is 0.467. The van der Waals surface area contributed by atoms with Crippen molar-refractivity contribution < 1.29 is 9.21 Å². The molecule has 0 spiro atoms. The molecule has 15 heavy (non-hydrogen) atoms. The van der Waals surface area contributed by atoms with Crippen LogP contribution in [0.2, 0.25) is 0 Å². The monoisotopic (exact) mass is 248 g/mol. The average Bonchev–Trinajstić information content (AvgIpc) is 2.87. The van der Waals surface area contributed by atoms with Gasteiger partial charge in [-0.3, -0.25) is 10.1 Å². The maximum absolute atomic E-state index is 11.5. The molecule has 2 rings (SSSR count). The molecule has 1 aromatic heterocycles. The second-order valence-electron chi connectivity index (χ2n) is 3.07. The van der Waals surface area contributed by atoms with Gasteiger partial charge in [0.05, 0.1) is 18.8 Å². The Morgan fingerprint density at radius 3 is 3.20 bits per heavy atom. The van der Waals surface area contributed by atoms with Gasteiger partial charge >= 0.3 is 0 Å². The van der Waals surface area contributed by atoms with Crippen LogP contribution in [0.15, 0.2) is 22.8 Å². The predicted molar refractivity (Wildman–Crippen MR) is 62.1 cm³/mol. The molecule has 1 aliphatic heterocycles. The van der Waals surface area contributed by atoms with E-state index in [9.17, 15) is 4.79 Å². The number of hydrogen-bond donors (Lipinski definition) is 2. The van der Waals surface area contributed by atoms with Crippen LogP contribution in [0.1, 0.15) is 5.76 Å². The first-order chi connectivity index (χ1) is 6.86. The number of thioether (sulfide) groups is 1. The zero-order valence-electron chi connectivity index (χ0n) is 8.06. The number of hydrogen-bond acceptors (Lipinski definition) is 4. The summed E-state index contributed by atoms with van der Waals surface area (Å²) in [7, 11) is 0. The van der Waals surface area contributed by atoms with Crippen molar-refractivity contribution in [3.8, 4) is 0 Å². The highest BCUT2D eigenvalue weighted by atomic mass is 35.5. The van der Waals surface area contributed by atoms with Gasteiger partial charge in [0, 0.05) is 11.6 Å². The molecule has 0 aromatic carbocycles. The van der Waals surface area contributed by atoms with Crippen LogP contribution in [0.3, 0.4) is 0 Å². The zero-order valence-corrected chi connectivity index (χ0v) is 9.70. The molecule has 1 aromatic rings. The Morgan fingerprint density at radius 1 is 1.73 bits per heavy atom. The molecule has 1 fully saturated rings. The second-order valence-corrected chi connectivity index (χ2v) is 4.10. The van der Waals surface area contributed by atoms with Crippen molar-refractivity contribution in [1.29, 1.82) is 0 Å². The maximum atomic E-state index is 11.5. The summed E-state index contributed by atoms with van der Waals surface area (Å²) in [5.41, 5.74) is 0. The summed E-state index contributed by atoms with van der Waals surface area (Å²) in [6.07, 6.45) is 1.60. The van der Waals surface area contributed by atoms with E-state index in [1.54, 1.807) is 18.0 Å². The van der Waals surface area contributed by atoms with E-state index in [-0.39, 0.29) is 24.4 Å². The summed E-state index contributed by atoms with van der Waals surface area (Å²) >= 11 is 1.74. The zero-order chi connectivity index (χ0) is 9.80. The predicted octanol–water partition coefficient (Wildman–Crippen LogP) is 0.980. The summed E-state index contributed by atoms with van der Waals surface area (Å²) in [6, 6.07) is 3.61. The van der Waals surface area contributed by atoms with E-state index in [1.165, 1.54) is 0 Å². The van der Waals surface area contributed by atoms with Gasteiger partial charge in [-0.25, -0.2) is 0 Å². The quantitative estimate of drug-likeness (QED) is 0.838. The SMILES string of the molecule is Cl.O=C(NCc1ccco1)C1CSCN1. The van der Waals surface area contributed by atoms with Crippen LogP contribution in [0.5, 0.6) is 0 Å². The molecule has 1 unspecified atom stereocenters. The van der Waals surface area contributed by atoms with E-state index in [1.807, 2.05) is 12.1 Å². The van der Waals surface area contributed by atoms with Crippen LogP contribution in [0, 0.1) is 0 Å². The highest BCUT2D eigenvalue weighted by molar-refractivity contribution is 7.99. The number of rotatable bonds is 3. The lowest BCUT2D eigenvalue weighted by Gasteiger charge is -2.08.